The van der Waals surface area contributed by atoms with Crippen LogP contribution in [0.2, 0.25) is 0 Å². The Kier molecular flexibility index (Phi) is 6.02. The number of benzene rings is 1. The summed E-state index contributed by atoms with van der Waals surface area (Å²) in [7, 11) is 0. The van der Waals surface area contributed by atoms with Crippen molar-refractivity contribution in [3.63, 3.8) is 0 Å². The van der Waals surface area contributed by atoms with Gasteiger partial charge in [-0.3, -0.25) is 0 Å². The van der Waals surface area contributed by atoms with Crippen molar-refractivity contribution in [2.45, 2.75) is 54.8 Å². The summed E-state index contributed by atoms with van der Waals surface area (Å²) in [6, 6.07) is 5.56. The van der Waals surface area contributed by atoms with Gasteiger partial charge in [0.2, 0.25) is 6.29 Å². The van der Waals surface area contributed by atoms with E-state index in [4.69, 9.17) is 23.7 Å². The van der Waals surface area contributed by atoms with Gasteiger partial charge in [0, 0.05) is 5.92 Å². The Bertz CT molecular complexity index is 934. The van der Waals surface area contributed by atoms with E-state index in [0.29, 0.717) is 0 Å². The molecule has 0 bridgehead atoms. The molecule has 12 heteroatoms. The third-order valence-electron chi connectivity index (χ3n) is 6.94. The van der Waals surface area contributed by atoms with Crippen LogP contribution in [0.1, 0.15) is 10.4 Å². The molecule has 2 saturated heterocycles. The van der Waals surface area contributed by atoms with Crippen molar-refractivity contribution in [2.75, 3.05) is 13.2 Å². The first-order chi connectivity index (χ1) is 16.3. The van der Waals surface area contributed by atoms with Crippen LogP contribution in [0.3, 0.4) is 0 Å². The number of phenols is 1. The molecule has 0 amide bonds. The van der Waals surface area contributed by atoms with Gasteiger partial charge >= 0.3 is 5.97 Å². The molecular formula is C22H26O12. The molecule has 34 heavy (non-hydrogen) atoms. The van der Waals surface area contributed by atoms with E-state index in [0.717, 1.165) is 0 Å². The average Bonchev–Trinajstić information content (AvgIpc) is 3.52. The quantitative estimate of drug-likeness (QED) is 0.193. The lowest BCUT2D eigenvalue weighted by atomic mass is 9.85. The number of esters is 1. The number of aliphatic hydroxyl groups excluding tert-OH is 5. The fraction of sp³-hybridized carbons (Fsp3) is 0.591. The molecule has 1 aromatic carbocycles. The molecule has 0 unspecified atom stereocenters. The molecule has 3 aliphatic heterocycles. The number of fused-ring (bicyclic) bond motifs is 3. The Morgan fingerprint density at radius 3 is 2.44 bits per heavy atom. The number of epoxide rings is 1. The fourth-order valence-corrected chi connectivity index (χ4v) is 5.08. The summed E-state index contributed by atoms with van der Waals surface area (Å²) in [6.45, 7) is -1.04. The van der Waals surface area contributed by atoms with Crippen LogP contribution in [0, 0.1) is 11.8 Å². The molecule has 3 fully saturated rings. The summed E-state index contributed by atoms with van der Waals surface area (Å²) < 4.78 is 28.3. The lowest BCUT2D eigenvalue weighted by Crippen LogP contribution is -2.60. The van der Waals surface area contributed by atoms with Crippen molar-refractivity contribution in [3.05, 3.63) is 42.2 Å². The smallest absolute Gasteiger partial charge is 0.338 e. The number of aliphatic hydroxyl groups is 5. The second-order valence-electron chi connectivity index (χ2n) is 8.84. The third kappa shape index (κ3) is 3.67. The number of phenolic OH excluding ortho intramolecular Hbond substituents is 1. The summed E-state index contributed by atoms with van der Waals surface area (Å²) in [6.07, 6.45) is -6.99. The number of aromatic hydroxyl groups is 1. The number of hydrogen-bond donors (Lipinski definition) is 6. The van der Waals surface area contributed by atoms with Gasteiger partial charge in [0.05, 0.1) is 31.0 Å². The first-order valence-corrected chi connectivity index (χ1v) is 10.9. The Morgan fingerprint density at radius 2 is 1.76 bits per heavy atom. The number of hydrogen-bond acceptors (Lipinski definition) is 12. The van der Waals surface area contributed by atoms with Crippen molar-refractivity contribution >= 4 is 5.97 Å². The van der Waals surface area contributed by atoms with Gasteiger partial charge in [-0.05, 0) is 30.3 Å². The Morgan fingerprint density at radius 1 is 1.03 bits per heavy atom. The highest BCUT2D eigenvalue weighted by Crippen LogP contribution is 2.60. The maximum atomic E-state index is 12.7. The minimum atomic E-state index is -1.64. The molecule has 4 aliphatic rings. The van der Waals surface area contributed by atoms with Gasteiger partial charge in [0.1, 0.15) is 48.0 Å². The zero-order valence-electron chi connectivity index (χ0n) is 17.8. The van der Waals surface area contributed by atoms with Gasteiger partial charge in [0.15, 0.2) is 6.29 Å². The van der Waals surface area contributed by atoms with E-state index < -0.39 is 85.8 Å². The molecular weight excluding hydrogens is 456 g/mol. The van der Waals surface area contributed by atoms with E-state index in [1.54, 1.807) is 6.08 Å². The van der Waals surface area contributed by atoms with Gasteiger partial charge < -0.3 is 54.3 Å². The van der Waals surface area contributed by atoms with Crippen LogP contribution in [-0.4, -0.2) is 105 Å². The lowest BCUT2D eigenvalue weighted by Gasteiger charge is -2.43. The predicted molar refractivity (Wildman–Crippen MR) is 108 cm³/mol. The Balaban J connectivity index is 1.34. The fourth-order valence-electron chi connectivity index (χ4n) is 5.08. The van der Waals surface area contributed by atoms with E-state index in [9.17, 15) is 35.4 Å². The van der Waals surface area contributed by atoms with Crippen LogP contribution in [0.25, 0.3) is 0 Å². The van der Waals surface area contributed by atoms with Crippen LogP contribution >= 0.6 is 0 Å². The zero-order chi connectivity index (χ0) is 24.2. The molecule has 0 spiro atoms. The van der Waals surface area contributed by atoms with Gasteiger partial charge in [-0.25, -0.2) is 4.79 Å². The molecule has 1 aliphatic carbocycles. The number of carbonyl (C=O) groups is 1. The van der Waals surface area contributed by atoms with Crippen LogP contribution in [-0.2, 0) is 23.7 Å². The van der Waals surface area contributed by atoms with E-state index in [2.05, 4.69) is 0 Å². The van der Waals surface area contributed by atoms with Crippen molar-refractivity contribution in [1.82, 2.24) is 0 Å². The molecule has 11 atom stereocenters. The van der Waals surface area contributed by atoms with Gasteiger partial charge in [-0.1, -0.05) is 0 Å². The van der Waals surface area contributed by atoms with E-state index in [-0.39, 0.29) is 11.3 Å². The highest BCUT2D eigenvalue weighted by molar-refractivity contribution is 5.89. The molecule has 1 aromatic rings. The van der Waals surface area contributed by atoms with Crippen LogP contribution < -0.4 is 0 Å². The lowest BCUT2D eigenvalue weighted by molar-refractivity contribution is -0.344. The maximum absolute atomic E-state index is 12.7. The zero-order valence-corrected chi connectivity index (χ0v) is 17.8. The standard InChI is InChI=1S/C22H26O12/c23-7-12-14(26)15(27)16(28)21(31-12)33-20-13-11(5-6-30-20)17(18-22(13,8-24)34-18)32-19(29)9-1-3-10(25)4-2-9/h1-6,11-18,20-21,23-28H,7-8H2/t11-,12+,13-,14+,15-,16+,17+,18-,20+,21-,22+/m0/s1. The molecule has 3 heterocycles. The molecule has 0 radical (unpaired) electrons. The normalized spacial score (nSPS) is 44.6. The van der Waals surface area contributed by atoms with Crippen molar-refractivity contribution in [2.24, 2.45) is 11.8 Å². The topological polar surface area (TPSA) is 188 Å². The van der Waals surface area contributed by atoms with Gasteiger partial charge in [0.25, 0.3) is 0 Å². The predicted octanol–water partition coefficient (Wildman–Crippen LogP) is -2.02. The second kappa shape index (κ2) is 8.73. The minimum absolute atomic E-state index is 0.00264. The first kappa shape index (κ1) is 23.5. The summed E-state index contributed by atoms with van der Waals surface area (Å²) in [5, 5.41) is 59.3. The Labute approximate surface area is 193 Å². The summed E-state index contributed by atoms with van der Waals surface area (Å²) >= 11 is 0. The van der Waals surface area contributed by atoms with E-state index in [1.807, 2.05) is 0 Å². The molecule has 0 aromatic heterocycles. The number of ether oxygens (including phenoxy) is 5. The second-order valence-corrected chi connectivity index (χ2v) is 8.84. The SMILES string of the molecule is O=C(O[C@@H]1[C@H]2C=CO[C@H](O[C@@H]3O[C@H](CO)[C@@H](O)[C@H](O)[C@H]3O)[C@H]2[C@@]2(CO)O[C@@H]12)c1ccc(O)cc1. The largest absolute Gasteiger partial charge is 0.508 e. The van der Waals surface area contributed by atoms with Gasteiger partial charge in [-0.2, -0.15) is 0 Å². The van der Waals surface area contributed by atoms with Crippen molar-refractivity contribution < 1.29 is 59.1 Å². The van der Waals surface area contributed by atoms with Crippen molar-refractivity contribution in [3.8, 4) is 5.75 Å². The average molecular weight is 482 g/mol. The van der Waals surface area contributed by atoms with E-state index in [1.165, 1.54) is 30.5 Å². The number of rotatable bonds is 6. The first-order valence-electron chi connectivity index (χ1n) is 10.9. The third-order valence-corrected chi connectivity index (χ3v) is 6.94. The Hall–Kier alpha value is -2.29. The van der Waals surface area contributed by atoms with Crippen LogP contribution in [0.5, 0.6) is 5.75 Å². The molecule has 5 rings (SSSR count). The summed E-state index contributed by atoms with van der Waals surface area (Å²) in [5.74, 6) is -1.78. The maximum Gasteiger partial charge on any atom is 0.338 e. The van der Waals surface area contributed by atoms with Crippen molar-refractivity contribution in [1.29, 1.82) is 0 Å². The summed E-state index contributed by atoms with van der Waals surface area (Å²) in [4.78, 5) is 12.7. The summed E-state index contributed by atoms with van der Waals surface area (Å²) in [5.41, 5.74) is -0.907. The molecule has 1 saturated carbocycles. The van der Waals surface area contributed by atoms with Gasteiger partial charge in [-0.15, -0.1) is 0 Å². The molecule has 186 valence electrons. The van der Waals surface area contributed by atoms with Crippen LogP contribution in [0.4, 0.5) is 0 Å². The number of carbonyl (C=O) groups excluding carboxylic acids is 1. The van der Waals surface area contributed by atoms with Crippen LogP contribution in [0.15, 0.2) is 36.6 Å². The monoisotopic (exact) mass is 482 g/mol. The molecule has 12 nitrogen and oxygen atoms in total. The minimum Gasteiger partial charge on any atom is -0.508 e. The highest BCUT2D eigenvalue weighted by atomic mass is 16.8. The highest BCUT2D eigenvalue weighted by Gasteiger charge is 2.77. The van der Waals surface area contributed by atoms with E-state index >= 15 is 0 Å². The molecule has 6 N–H and O–H groups in total.